The number of alkyl halides is 3. The highest BCUT2D eigenvalue weighted by atomic mass is 127. The molecule has 36 heavy (non-hydrogen) atoms. The number of aliphatic imine (C=N–C) groups is 1. The van der Waals surface area contributed by atoms with Crippen molar-refractivity contribution in [1.29, 1.82) is 0 Å². The fourth-order valence-corrected chi connectivity index (χ4v) is 4.30. The third kappa shape index (κ3) is 9.32. The first-order valence-corrected chi connectivity index (χ1v) is 15.4. The zero-order chi connectivity index (χ0) is 27.3. The molecule has 0 spiro atoms. The van der Waals surface area contributed by atoms with E-state index in [0.29, 0.717) is 50.1 Å². The second-order valence-electron chi connectivity index (χ2n) is 7.50. The molecule has 200 valence electrons. The first kappa shape index (κ1) is 32.3. The Morgan fingerprint density at radius 1 is 1.36 bits per heavy atom. The van der Waals surface area contributed by atoms with E-state index < -0.39 is 11.7 Å². The molecule has 1 heterocycles. The summed E-state index contributed by atoms with van der Waals surface area (Å²) in [6.07, 6.45) is -0.655. The highest BCUT2D eigenvalue weighted by Gasteiger charge is 2.34. The number of aldehydes is 1. The van der Waals surface area contributed by atoms with Gasteiger partial charge in [-0.15, -0.1) is 0 Å². The number of allylic oxidation sites excluding steroid dienone is 2. The van der Waals surface area contributed by atoms with Crippen molar-refractivity contribution in [2.45, 2.75) is 32.5 Å². The average molecular weight is 660 g/mol. The number of benzene rings is 1. The van der Waals surface area contributed by atoms with E-state index >= 15 is 0 Å². The van der Waals surface area contributed by atoms with Gasteiger partial charge in [0.2, 0.25) is 0 Å². The normalized spacial score (nSPS) is 15.1. The minimum atomic E-state index is -4.43. The van der Waals surface area contributed by atoms with Gasteiger partial charge >= 0.3 is 6.18 Å². The van der Waals surface area contributed by atoms with Crippen LogP contribution in [0.25, 0.3) is 0 Å². The number of carbonyl (C=O) groups excluding carboxylic acids is 1. The standard InChI is InChI=1S/C22H27ClF3IN5OP.CH4O/c1-4-10-31(13-16-7-5-6-8-17(16)22(24,25)26)20-9-11-32(14-19(20)28-2)21(18(23)15-33)12-29-30(3)34-27;1-2/h5-8,12,15,34H,2,4,9-11,13-14H2,1,3H3;2H,1H3/b21-18-,29-12-;. The van der Waals surface area contributed by atoms with E-state index in [1.807, 2.05) is 16.7 Å². The Hall–Kier alpha value is -1.69. The van der Waals surface area contributed by atoms with E-state index in [9.17, 15) is 18.0 Å². The number of aliphatic hydroxyl groups is 1. The predicted octanol–water partition coefficient (Wildman–Crippen LogP) is 5.65. The van der Waals surface area contributed by atoms with Crippen molar-refractivity contribution in [3.63, 3.8) is 0 Å². The summed E-state index contributed by atoms with van der Waals surface area (Å²) in [7, 11) is 2.81. The molecule has 1 N–H and O–H groups in total. The monoisotopic (exact) mass is 659 g/mol. The fourth-order valence-electron chi connectivity index (χ4n) is 3.66. The van der Waals surface area contributed by atoms with Crippen molar-refractivity contribution in [2.24, 2.45) is 10.1 Å². The molecule has 0 saturated heterocycles. The average Bonchev–Trinajstić information content (AvgIpc) is 2.88. The first-order chi connectivity index (χ1) is 17.2. The van der Waals surface area contributed by atoms with Crippen LogP contribution < -0.4 is 0 Å². The molecule has 1 aromatic carbocycles. The molecule has 0 bridgehead atoms. The van der Waals surface area contributed by atoms with Gasteiger partial charge in [-0.3, -0.25) is 14.6 Å². The van der Waals surface area contributed by atoms with Crippen molar-refractivity contribution in [2.75, 3.05) is 33.8 Å². The Morgan fingerprint density at radius 3 is 2.58 bits per heavy atom. The minimum absolute atomic E-state index is 0.0188. The van der Waals surface area contributed by atoms with Gasteiger partial charge in [-0.1, -0.05) is 36.7 Å². The van der Waals surface area contributed by atoms with Gasteiger partial charge in [0.15, 0.2) is 6.29 Å². The van der Waals surface area contributed by atoms with E-state index in [2.05, 4.69) is 38.9 Å². The van der Waals surface area contributed by atoms with E-state index in [-0.39, 0.29) is 17.1 Å². The van der Waals surface area contributed by atoms with Gasteiger partial charge in [-0.2, -0.15) is 18.3 Å². The van der Waals surface area contributed by atoms with Gasteiger partial charge in [0.05, 0.1) is 36.1 Å². The summed E-state index contributed by atoms with van der Waals surface area (Å²) in [5.41, 5.74) is 1.51. The van der Waals surface area contributed by atoms with Gasteiger partial charge in [0.25, 0.3) is 0 Å². The lowest BCUT2D eigenvalue weighted by Crippen LogP contribution is -2.37. The number of hydrazone groups is 1. The summed E-state index contributed by atoms with van der Waals surface area (Å²) in [6.45, 7) is 7.15. The zero-order valence-electron chi connectivity index (χ0n) is 20.4. The Balaban J connectivity index is 0.00000316. The predicted molar refractivity (Wildman–Crippen MR) is 151 cm³/mol. The quantitative estimate of drug-likeness (QED) is 0.0830. The molecule has 1 aliphatic heterocycles. The number of hydrogen-bond acceptors (Lipinski definition) is 7. The number of halogens is 5. The van der Waals surface area contributed by atoms with E-state index in [4.69, 9.17) is 16.7 Å². The topological polar surface area (TPSA) is 71.7 Å². The van der Waals surface area contributed by atoms with Crippen LogP contribution >= 0.6 is 40.0 Å². The van der Waals surface area contributed by atoms with Crippen molar-refractivity contribution in [1.82, 2.24) is 14.6 Å². The number of rotatable bonds is 11. The van der Waals surface area contributed by atoms with E-state index in [0.717, 1.165) is 25.3 Å². The highest BCUT2D eigenvalue weighted by molar-refractivity contribution is 14.2. The summed E-state index contributed by atoms with van der Waals surface area (Å²) < 4.78 is 42.4. The molecule has 0 saturated carbocycles. The number of aliphatic hydroxyl groups excluding tert-OH is 1. The van der Waals surface area contributed by atoms with Crippen LogP contribution in [0.1, 0.15) is 30.9 Å². The molecule has 1 aliphatic rings. The van der Waals surface area contributed by atoms with Crippen LogP contribution in [0.15, 0.2) is 56.5 Å². The van der Waals surface area contributed by atoms with Gasteiger partial charge in [-0.25, -0.2) is 0 Å². The van der Waals surface area contributed by atoms with Crippen molar-refractivity contribution in [3.8, 4) is 0 Å². The summed E-state index contributed by atoms with van der Waals surface area (Å²) in [6, 6.07) is 5.62. The van der Waals surface area contributed by atoms with Crippen LogP contribution in [0.3, 0.4) is 0 Å². The smallest absolute Gasteiger partial charge is 0.400 e. The SMILES string of the molecule is C=NC1=C(N(CCC)Cc2ccccc2C(F)(F)F)CCN(C(/C=N\N(C)PI)=C(\Cl)C=O)C1.CO. The van der Waals surface area contributed by atoms with Crippen LogP contribution in [-0.4, -0.2) is 72.7 Å². The molecule has 1 aromatic rings. The molecule has 2 rings (SSSR count). The number of hydrogen-bond donors (Lipinski definition) is 1. The molecule has 1 unspecified atom stereocenters. The van der Waals surface area contributed by atoms with Crippen LogP contribution in [-0.2, 0) is 17.5 Å². The number of nitrogens with zero attached hydrogens (tertiary/aromatic N) is 5. The lowest BCUT2D eigenvalue weighted by molar-refractivity contribution is -0.138. The summed E-state index contributed by atoms with van der Waals surface area (Å²) >= 11 is 8.36. The van der Waals surface area contributed by atoms with Crippen LogP contribution in [0.4, 0.5) is 13.2 Å². The molecular formula is C23H31ClF3IN5O2P. The lowest BCUT2D eigenvalue weighted by Gasteiger charge is -2.37. The van der Waals surface area contributed by atoms with Crippen LogP contribution in [0.2, 0.25) is 0 Å². The van der Waals surface area contributed by atoms with Crippen molar-refractivity contribution >= 4 is 59.2 Å². The molecule has 0 fully saturated rings. The summed E-state index contributed by atoms with van der Waals surface area (Å²) in [5.74, 6) is 0. The van der Waals surface area contributed by atoms with E-state index in [1.165, 1.54) is 18.3 Å². The van der Waals surface area contributed by atoms with Crippen LogP contribution in [0, 0.1) is 0 Å². The minimum Gasteiger partial charge on any atom is -0.400 e. The maximum Gasteiger partial charge on any atom is 0.416 e. The first-order valence-electron chi connectivity index (χ1n) is 10.9. The second-order valence-corrected chi connectivity index (χ2v) is 10.2. The van der Waals surface area contributed by atoms with Crippen molar-refractivity contribution in [3.05, 3.63) is 57.5 Å². The summed E-state index contributed by atoms with van der Waals surface area (Å²) in [5, 5.41) is 11.3. The largest absolute Gasteiger partial charge is 0.416 e. The maximum atomic E-state index is 13.5. The third-order valence-electron chi connectivity index (χ3n) is 5.21. The van der Waals surface area contributed by atoms with E-state index in [1.54, 1.807) is 17.9 Å². The molecular weight excluding hydrogens is 629 g/mol. The van der Waals surface area contributed by atoms with Gasteiger partial charge in [-0.05, 0) is 46.8 Å². The fraction of sp³-hybridized carbons (Fsp3) is 0.435. The van der Waals surface area contributed by atoms with Crippen molar-refractivity contribution < 1.29 is 23.1 Å². The molecule has 13 heteroatoms. The molecule has 0 aliphatic carbocycles. The Labute approximate surface area is 230 Å². The maximum absolute atomic E-state index is 13.5. The molecule has 0 amide bonds. The Morgan fingerprint density at radius 2 is 2.03 bits per heavy atom. The second kappa shape index (κ2) is 16.2. The molecule has 0 aromatic heterocycles. The zero-order valence-corrected chi connectivity index (χ0v) is 24.3. The lowest BCUT2D eigenvalue weighted by atomic mass is 10.0. The third-order valence-corrected chi connectivity index (χ3v) is 7.94. The summed E-state index contributed by atoms with van der Waals surface area (Å²) in [4.78, 5) is 19.4. The van der Waals surface area contributed by atoms with Crippen LogP contribution in [0.5, 0.6) is 0 Å². The van der Waals surface area contributed by atoms with Gasteiger partial charge in [0.1, 0.15) is 5.03 Å². The van der Waals surface area contributed by atoms with Gasteiger partial charge < -0.3 is 14.9 Å². The highest BCUT2D eigenvalue weighted by Crippen LogP contribution is 2.34. The van der Waals surface area contributed by atoms with Gasteiger partial charge in [0, 0.05) is 45.9 Å². The Kier molecular flexibility index (Phi) is 14.6. The molecule has 7 nitrogen and oxygen atoms in total. The number of carbonyl (C=O) groups is 1. The molecule has 1 atom stereocenters. The Bertz CT molecular complexity index is 975. The molecule has 0 radical (unpaired) electrons.